The summed E-state index contributed by atoms with van der Waals surface area (Å²) in [5.74, 6) is -1.20. The molecule has 3 aromatic rings. The zero-order valence-corrected chi connectivity index (χ0v) is 18.0. The van der Waals surface area contributed by atoms with Crippen molar-refractivity contribution in [3.05, 3.63) is 95.0 Å². The molecule has 8 heteroatoms. The Hall–Kier alpha value is -3.16. The first-order chi connectivity index (χ1) is 14.9. The molecular formula is C23H21ClN2O4S. The van der Waals surface area contributed by atoms with Gasteiger partial charge in [0, 0.05) is 15.6 Å². The van der Waals surface area contributed by atoms with Gasteiger partial charge in [0.1, 0.15) is 12.6 Å². The number of para-hydroxylation sites is 1. The molecule has 0 heterocycles. The van der Waals surface area contributed by atoms with Crippen LogP contribution in [-0.2, 0) is 16.1 Å². The second kappa shape index (κ2) is 10.7. The molecule has 0 fully saturated rings. The first kappa shape index (κ1) is 22.5. The van der Waals surface area contributed by atoms with Gasteiger partial charge in [0.2, 0.25) is 0 Å². The van der Waals surface area contributed by atoms with E-state index in [4.69, 9.17) is 22.1 Å². The maximum Gasteiger partial charge on any atom is 0.408 e. The fourth-order valence-electron chi connectivity index (χ4n) is 2.86. The Kier molecular flexibility index (Phi) is 7.81. The number of nitrogens with one attached hydrogen (secondary N) is 1. The fraction of sp³-hybridized carbons (Fsp3) is 0.130. The normalized spacial score (nSPS) is 12.5. The summed E-state index contributed by atoms with van der Waals surface area (Å²) < 4.78 is 5.22. The van der Waals surface area contributed by atoms with Crippen molar-refractivity contribution in [1.29, 1.82) is 0 Å². The highest BCUT2D eigenvalue weighted by molar-refractivity contribution is 7.99. The van der Waals surface area contributed by atoms with Crippen LogP contribution in [0.25, 0.3) is 0 Å². The van der Waals surface area contributed by atoms with Crippen LogP contribution in [0.15, 0.2) is 83.8 Å². The summed E-state index contributed by atoms with van der Waals surface area (Å²) in [5, 5.41) is 12.2. The van der Waals surface area contributed by atoms with Crippen LogP contribution >= 0.6 is 23.4 Å². The summed E-state index contributed by atoms with van der Waals surface area (Å²) >= 11 is 7.24. The number of aliphatic carboxylic acids is 1. The molecule has 1 amide bonds. The van der Waals surface area contributed by atoms with Gasteiger partial charge in [-0.3, -0.25) is 0 Å². The highest BCUT2D eigenvalue weighted by atomic mass is 35.5. The third-order valence-electron chi connectivity index (χ3n) is 4.43. The molecule has 2 atom stereocenters. The Morgan fingerprint density at radius 1 is 1.00 bits per heavy atom. The largest absolute Gasteiger partial charge is 0.480 e. The summed E-state index contributed by atoms with van der Waals surface area (Å²) in [6, 6.07) is 21.8. The van der Waals surface area contributed by atoms with E-state index in [2.05, 4.69) is 5.32 Å². The van der Waals surface area contributed by atoms with Gasteiger partial charge in [0.25, 0.3) is 0 Å². The molecule has 31 heavy (non-hydrogen) atoms. The second-order valence-corrected chi connectivity index (χ2v) is 8.27. The van der Waals surface area contributed by atoms with Crippen LogP contribution in [0.3, 0.4) is 0 Å². The van der Waals surface area contributed by atoms with Crippen LogP contribution in [0, 0.1) is 0 Å². The lowest BCUT2D eigenvalue weighted by atomic mass is 10.1. The predicted octanol–water partition coefficient (Wildman–Crippen LogP) is 5.14. The minimum Gasteiger partial charge on any atom is -0.480 e. The third kappa shape index (κ3) is 6.41. The van der Waals surface area contributed by atoms with Crippen molar-refractivity contribution < 1.29 is 19.4 Å². The van der Waals surface area contributed by atoms with E-state index in [0.29, 0.717) is 21.2 Å². The van der Waals surface area contributed by atoms with Gasteiger partial charge < -0.3 is 20.9 Å². The van der Waals surface area contributed by atoms with E-state index in [9.17, 15) is 14.7 Å². The molecule has 6 nitrogen and oxygen atoms in total. The molecule has 0 radical (unpaired) electrons. The van der Waals surface area contributed by atoms with E-state index in [-0.39, 0.29) is 6.61 Å². The van der Waals surface area contributed by atoms with Crippen LogP contribution < -0.4 is 11.1 Å². The number of carbonyl (C=O) groups is 2. The number of carbonyl (C=O) groups excluding carboxylic acids is 1. The van der Waals surface area contributed by atoms with Crippen LogP contribution in [0.5, 0.6) is 0 Å². The zero-order valence-electron chi connectivity index (χ0n) is 16.4. The quantitative estimate of drug-likeness (QED) is 0.320. The average Bonchev–Trinajstić information content (AvgIpc) is 2.77. The van der Waals surface area contributed by atoms with Crippen LogP contribution in [0.1, 0.15) is 16.4 Å². The molecular weight excluding hydrogens is 436 g/mol. The number of nitrogens with two attached hydrogens (primary N) is 1. The fourth-order valence-corrected chi connectivity index (χ4v) is 4.24. The first-order valence-electron chi connectivity index (χ1n) is 9.40. The lowest BCUT2D eigenvalue weighted by molar-refractivity contribution is -0.139. The van der Waals surface area contributed by atoms with E-state index in [1.54, 1.807) is 42.5 Å². The average molecular weight is 457 g/mol. The van der Waals surface area contributed by atoms with Gasteiger partial charge in [-0.25, -0.2) is 9.59 Å². The molecule has 0 bridgehead atoms. The van der Waals surface area contributed by atoms with Gasteiger partial charge >= 0.3 is 12.1 Å². The molecule has 3 rings (SSSR count). The maximum absolute atomic E-state index is 12.4. The number of benzene rings is 3. The molecule has 0 aromatic heterocycles. The Bertz CT molecular complexity index is 1030. The van der Waals surface area contributed by atoms with Gasteiger partial charge in [-0.05, 0) is 35.4 Å². The molecule has 1 unspecified atom stereocenters. The number of nitrogen functional groups attached to an aromatic ring is 1. The second-order valence-electron chi connectivity index (χ2n) is 6.65. The van der Waals surface area contributed by atoms with Crippen LogP contribution in [-0.4, -0.2) is 23.2 Å². The zero-order chi connectivity index (χ0) is 22.2. The smallest absolute Gasteiger partial charge is 0.408 e. The number of hydrogen-bond acceptors (Lipinski definition) is 5. The summed E-state index contributed by atoms with van der Waals surface area (Å²) in [7, 11) is 0. The molecule has 0 aliphatic carbocycles. The Balaban J connectivity index is 1.82. The van der Waals surface area contributed by atoms with Crippen molar-refractivity contribution in [2.24, 2.45) is 0 Å². The number of carboxylic acid groups (broad SMARTS) is 1. The van der Waals surface area contributed by atoms with Gasteiger partial charge in [0.05, 0.1) is 5.25 Å². The molecule has 0 saturated heterocycles. The van der Waals surface area contributed by atoms with Gasteiger partial charge in [-0.2, -0.15) is 0 Å². The number of amides is 1. The van der Waals surface area contributed by atoms with E-state index in [0.717, 1.165) is 5.56 Å². The first-order valence-corrected chi connectivity index (χ1v) is 10.7. The van der Waals surface area contributed by atoms with Gasteiger partial charge in [0.15, 0.2) is 0 Å². The highest BCUT2D eigenvalue weighted by Crippen LogP contribution is 2.40. The van der Waals surface area contributed by atoms with E-state index >= 15 is 0 Å². The topological polar surface area (TPSA) is 102 Å². The van der Waals surface area contributed by atoms with Crippen molar-refractivity contribution in [3.63, 3.8) is 0 Å². The summed E-state index contributed by atoms with van der Waals surface area (Å²) in [6.45, 7) is 0.0312. The number of alkyl carbamates (subject to hydrolysis) is 1. The number of thioether (sulfide) groups is 1. The Morgan fingerprint density at radius 2 is 1.65 bits per heavy atom. The summed E-state index contributed by atoms with van der Waals surface area (Å²) in [5.41, 5.74) is 8.05. The lowest BCUT2D eigenvalue weighted by Crippen LogP contribution is -2.44. The minimum absolute atomic E-state index is 0.0312. The number of hydrogen-bond donors (Lipinski definition) is 3. The van der Waals surface area contributed by atoms with E-state index in [1.807, 2.05) is 36.4 Å². The van der Waals surface area contributed by atoms with Gasteiger partial charge in [-0.15, -0.1) is 11.8 Å². The van der Waals surface area contributed by atoms with Crippen molar-refractivity contribution in [2.45, 2.75) is 22.8 Å². The molecule has 0 aliphatic rings. The van der Waals surface area contributed by atoms with E-state index in [1.165, 1.54) is 11.8 Å². The maximum atomic E-state index is 12.4. The number of rotatable bonds is 8. The van der Waals surface area contributed by atoms with Crippen LogP contribution in [0.2, 0.25) is 5.02 Å². The summed E-state index contributed by atoms with van der Waals surface area (Å²) in [6.07, 6.45) is -0.822. The minimum atomic E-state index is -1.27. The number of carboxylic acids is 1. The molecule has 3 aromatic carbocycles. The van der Waals surface area contributed by atoms with Crippen molar-refractivity contribution in [2.75, 3.05) is 5.73 Å². The molecule has 0 spiro atoms. The molecule has 160 valence electrons. The van der Waals surface area contributed by atoms with Crippen molar-refractivity contribution in [1.82, 2.24) is 5.32 Å². The van der Waals surface area contributed by atoms with E-state index < -0.39 is 23.4 Å². The Labute approximate surface area is 189 Å². The Morgan fingerprint density at radius 3 is 2.29 bits per heavy atom. The van der Waals surface area contributed by atoms with Crippen LogP contribution in [0.4, 0.5) is 10.5 Å². The molecule has 0 saturated carbocycles. The molecule has 0 aliphatic heterocycles. The highest BCUT2D eigenvalue weighted by Gasteiger charge is 2.33. The number of anilines is 1. The lowest BCUT2D eigenvalue weighted by Gasteiger charge is -2.25. The van der Waals surface area contributed by atoms with Crippen molar-refractivity contribution >= 4 is 41.1 Å². The monoisotopic (exact) mass is 456 g/mol. The standard InChI is InChI=1S/C23H21ClN2O4S/c24-17-12-10-16(11-13-17)21(31-19-9-5-4-8-18(19)25)20(22(27)28)26-23(29)30-14-15-6-2-1-3-7-15/h1-13,20-21H,14,25H2,(H,26,29)(H,27,28)/t20-,21?/m0/s1. The predicted molar refractivity (Wildman–Crippen MR) is 122 cm³/mol. The number of halogens is 1. The van der Waals surface area contributed by atoms with Gasteiger partial charge in [-0.1, -0.05) is 66.2 Å². The van der Waals surface area contributed by atoms with Crippen molar-refractivity contribution in [3.8, 4) is 0 Å². The molecule has 4 N–H and O–H groups in total. The summed E-state index contributed by atoms with van der Waals surface area (Å²) in [4.78, 5) is 25.2. The number of ether oxygens (including phenoxy) is 1. The SMILES string of the molecule is Nc1ccccc1SC(c1ccc(Cl)cc1)[C@H](NC(=O)OCc1ccccc1)C(=O)O. The third-order valence-corrected chi connectivity index (χ3v) is 6.10.